The zero-order chi connectivity index (χ0) is 71.0. The Kier molecular flexibility index (Phi) is 65.0. The highest BCUT2D eigenvalue weighted by Gasteiger charge is 2.30. The summed E-state index contributed by atoms with van der Waals surface area (Å²) >= 11 is 0. The number of carbonyl (C=O) groups excluding carboxylic acids is 4. The monoisotopic (exact) mass is 1410 g/mol. The predicted molar refractivity (Wildman–Crippen MR) is 391 cm³/mol. The molecule has 0 aliphatic rings. The first kappa shape index (κ1) is 94.1. The number of ether oxygens (including phenoxy) is 4. The number of phosphoric acid groups is 2. The summed E-state index contributed by atoms with van der Waals surface area (Å²) in [5, 5.41) is 10.6. The first-order chi connectivity index (χ1) is 46.1. The molecule has 0 saturated carbocycles. The Morgan fingerprint density at radius 2 is 0.500 bits per heavy atom. The van der Waals surface area contributed by atoms with E-state index in [1.165, 1.54) is 186 Å². The van der Waals surface area contributed by atoms with Gasteiger partial charge in [-0.3, -0.25) is 37.3 Å². The minimum atomic E-state index is -4.96. The van der Waals surface area contributed by atoms with Gasteiger partial charge in [0.15, 0.2) is 12.2 Å². The second-order valence-corrected chi connectivity index (χ2v) is 32.3. The number of hydrogen-bond donors (Lipinski definition) is 3. The number of unbranched alkanes of at least 4 members (excludes halogenated alkanes) is 39. The Hall–Kier alpha value is -1.94. The summed E-state index contributed by atoms with van der Waals surface area (Å²) in [5.74, 6) is 0.931. The highest BCUT2D eigenvalue weighted by atomic mass is 31.2. The fraction of sp³-hybridized carbons (Fsp3) is 0.948. The predicted octanol–water partition coefficient (Wildman–Crippen LogP) is 22.4. The van der Waals surface area contributed by atoms with Crippen LogP contribution in [-0.4, -0.2) is 96.7 Å². The van der Waals surface area contributed by atoms with Crippen molar-refractivity contribution in [1.29, 1.82) is 0 Å². The van der Waals surface area contributed by atoms with Gasteiger partial charge in [-0.1, -0.05) is 338 Å². The van der Waals surface area contributed by atoms with Crippen LogP contribution in [-0.2, 0) is 65.4 Å². The molecular weight excluding hydrogens is 1260 g/mol. The van der Waals surface area contributed by atoms with Gasteiger partial charge in [0.2, 0.25) is 0 Å². The van der Waals surface area contributed by atoms with Crippen molar-refractivity contribution >= 4 is 39.5 Å². The van der Waals surface area contributed by atoms with E-state index in [-0.39, 0.29) is 25.7 Å². The quantitative estimate of drug-likeness (QED) is 0.0222. The van der Waals surface area contributed by atoms with Crippen molar-refractivity contribution in [3.63, 3.8) is 0 Å². The maximum Gasteiger partial charge on any atom is 0.472 e. The minimum Gasteiger partial charge on any atom is -0.462 e. The summed E-state index contributed by atoms with van der Waals surface area (Å²) in [4.78, 5) is 72.8. The van der Waals surface area contributed by atoms with Crippen LogP contribution >= 0.6 is 15.6 Å². The first-order valence-electron chi connectivity index (χ1n) is 39.7. The van der Waals surface area contributed by atoms with E-state index in [2.05, 4.69) is 55.4 Å². The lowest BCUT2D eigenvalue weighted by Crippen LogP contribution is -2.30. The zero-order valence-electron chi connectivity index (χ0n) is 63.0. The molecule has 96 heavy (non-hydrogen) atoms. The molecule has 3 N–H and O–H groups in total. The van der Waals surface area contributed by atoms with Gasteiger partial charge in [0.25, 0.3) is 0 Å². The molecule has 0 amide bonds. The molecule has 4 unspecified atom stereocenters. The lowest BCUT2D eigenvalue weighted by molar-refractivity contribution is -0.161. The van der Waals surface area contributed by atoms with Gasteiger partial charge in [-0.15, -0.1) is 0 Å². The average Bonchev–Trinajstić information content (AvgIpc) is 1.72. The molecule has 0 spiro atoms. The van der Waals surface area contributed by atoms with Gasteiger partial charge in [-0.2, -0.15) is 0 Å². The Morgan fingerprint density at radius 1 is 0.292 bits per heavy atom. The van der Waals surface area contributed by atoms with E-state index in [1.807, 2.05) is 0 Å². The van der Waals surface area contributed by atoms with Gasteiger partial charge in [0.05, 0.1) is 26.4 Å². The van der Waals surface area contributed by atoms with Crippen LogP contribution in [0.2, 0.25) is 0 Å². The fourth-order valence-corrected chi connectivity index (χ4v) is 13.3. The highest BCUT2D eigenvalue weighted by Crippen LogP contribution is 2.45. The number of esters is 4. The van der Waals surface area contributed by atoms with Crippen molar-refractivity contribution in [3.8, 4) is 0 Å². The molecule has 0 aliphatic carbocycles. The molecule has 0 aromatic heterocycles. The minimum absolute atomic E-state index is 0.104. The summed E-state index contributed by atoms with van der Waals surface area (Å²) in [6, 6.07) is 0. The third kappa shape index (κ3) is 69.2. The van der Waals surface area contributed by atoms with Crippen LogP contribution in [0.1, 0.15) is 389 Å². The molecular formula is C77H150O17P2. The number of aliphatic hydroxyl groups excluding tert-OH is 1. The molecule has 0 heterocycles. The molecule has 0 aromatic carbocycles. The maximum atomic E-state index is 13.1. The first-order valence-corrected chi connectivity index (χ1v) is 42.7. The van der Waals surface area contributed by atoms with E-state index in [1.54, 1.807) is 0 Å². The summed E-state index contributed by atoms with van der Waals surface area (Å²) in [7, 11) is -9.91. The number of hydrogen-bond acceptors (Lipinski definition) is 15. The van der Waals surface area contributed by atoms with Crippen LogP contribution in [0.15, 0.2) is 0 Å². The van der Waals surface area contributed by atoms with Gasteiger partial charge in [-0.05, 0) is 49.4 Å². The van der Waals surface area contributed by atoms with Crippen LogP contribution in [0.5, 0.6) is 0 Å². The van der Waals surface area contributed by atoms with Crippen molar-refractivity contribution in [2.75, 3.05) is 39.6 Å². The third-order valence-corrected chi connectivity index (χ3v) is 20.1. The van der Waals surface area contributed by atoms with Crippen LogP contribution < -0.4 is 0 Å². The van der Waals surface area contributed by atoms with Crippen molar-refractivity contribution < 1.29 is 80.2 Å². The van der Waals surface area contributed by atoms with Crippen LogP contribution in [0.25, 0.3) is 0 Å². The summed E-state index contributed by atoms with van der Waals surface area (Å²) < 4.78 is 68.5. The Labute approximate surface area is 588 Å². The average molecular weight is 1410 g/mol. The molecule has 0 rings (SSSR count). The van der Waals surface area contributed by atoms with Gasteiger partial charge >= 0.3 is 39.5 Å². The molecule has 6 atom stereocenters. The second-order valence-electron chi connectivity index (χ2n) is 29.4. The second kappa shape index (κ2) is 66.3. The van der Waals surface area contributed by atoms with E-state index in [0.717, 1.165) is 114 Å². The molecule has 570 valence electrons. The maximum absolute atomic E-state index is 13.1. The lowest BCUT2D eigenvalue weighted by atomic mass is 9.99. The van der Waals surface area contributed by atoms with E-state index in [4.69, 9.17) is 37.0 Å². The molecule has 19 heteroatoms. The van der Waals surface area contributed by atoms with Gasteiger partial charge in [-0.25, -0.2) is 9.13 Å². The van der Waals surface area contributed by atoms with Crippen molar-refractivity contribution in [2.24, 2.45) is 23.7 Å². The standard InChI is InChI=1S/C77H150O17P2/c1-9-70(8)56-48-40-32-26-27-35-44-52-60-77(82)94-72(63-87-74(79)57-49-41-33-24-21-20-23-30-38-46-54-68(4)5)65-91-95(83,84)89-61-71(78)62-90-96(85,86)92-66-73(64-88-75(80)58-50-42-36-28-31-39-47-55-69(6)7)93-76(81)59-51-43-34-25-19-17-15-13-11-10-12-14-16-18-22-29-37-45-53-67(2)3/h67-73,78H,9-66H2,1-8H3,(H,83,84)(H,85,86)/t70?,71?,72-,73-/m1/s1. The van der Waals surface area contributed by atoms with E-state index in [0.29, 0.717) is 31.6 Å². The number of phosphoric ester groups is 2. The molecule has 0 radical (unpaired) electrons. The molecule has 0 saturated heterocycles. The normalized spacial score (nSPS) is 14.4. The number of carbonyl (C=O) groups is 4. The van der Waals surface area contributed by atoms with Crippen molar-refractivity contribution in [1.82, 2.24) is 0 Å². The summed E-state index contributed by atoms with van der Waals surface area (Å²) in [6.07, 6.45) is 51.5. The van der Waals surface area contributed by atoms with Crippen molar-refractivity contribution in [2.45, 2.75) is 408 Å². The van der Waals surface area contributed by atoms with Gasteiger partial charge < -0.3 is 33.8 Å². The van der Waals surface area contributed by atoms with Crippen LogP contribution in [0.4, 0.5) is 0 Å². The number of aliphatic hydroxyl groups is 1. The topological polar surface area (TPSA) is 237 Å². The number of rotatable bonds is 74. The molecule has 0 fully saturated rings. The van der Waals surface area contributed by atoms with Crippen LogP contribution in [0, 0.1) is 23.7 Å². The van der Waals surface area contributed by atoms with Crippen molar-refractivity contribution in [3.05, 3.63) is 0 Å². The van der Waals surface area contributed by atoms with E-state index >= 15 is 0 Å². The molecule has 17 nitrogen and oxygen atoms in total. The smallest absolute Gasteiger partial charge is 0.462 e. The Bertz CT molecular complexity index is 1890. The van der Waals surface area contributed by atoms with E-state index in [9.17, 15) is 43.2 Å². The molecule has 0 aromatic rings. The Balaban J connectivity index is 5.19. The molecule has 0 bridgehead atoms. The molecule has 0 aliphatic heterocycles. The fourth-order valence-electron chi connectivity index (χ4n) is 11.7. The highest BCUT2D eigenvalue weighted by molar-refractivity contribution is 7.47. The lowest BCUT2D eigenvalue weighted by Gasteiger charge is -2.21. The largest absolute Gasteiger partial charge is 0.472 e. The summed E-state index contributed by atoms with van der Waals surface area (Å²) in [6.45, 7) is 14.2. The van der Waals surface area contributed by atoms with E-state index < -0.39 is 97.5 Å². The third-order valence-electron chi connectivity index (χ3n) is 18.2. The zero-order valence-corrected chi connectivity index (χ0v) is 64.8. The SMILES string of the molecule is CCC(C)CCCCCCCCCCC(=O)O[C@H](COC(=O)CCCCCCCCCCCCC(C)C)COP(=O)(O)OCC(O)COP(=O)(O)OC[C@@H](COC(=O)CCCCCCCCCC(C)C)OC(=O)CCCCCCCCCCCCCCCCCCCCC(C)C. The van der Waals surface area contributed by atoms with Crippen LogP contribution in [0.3, 0.4) is 0 Å². The Morgan fingerprint density at radius 3 is 0.740 bits per heavy atom. The summed E-state index contributed by atoms with van der Waals surface area (Å²) in [5.41, 5.74) is 0. The van der Waals surface area contributed by atoms with Gasteiger partial charge in [0, 0.05) is 25.7 Å². The van der Waals surface area contributed by atoms with Gasteiger partial charge in [0.1, 0.15) is 19.3 Å².